The molecule has 0 saturated carbocycles. The summed E-state index contributed by atoms with van der Waals surface area (Å²) in [5, 5.41) is 0. The summed E-state index contributed by atoms with van der Waals surface area (Å²) in [6, 6.07) is 6.71. The Labute approximate surface area is 92.6 Å². The van der Waals surface area contributed by atoms with Gasteiger partial charge in [-0.2, -0.15) is 5.48 Å². The zero-order valence-electron chi connectivity index (χ0n) is 10.1. The molecule has 84 valence electrons. The van der Waals surface area contributed by atoms with Gasteiger partial charge >= 0.3 is 0 Å². The van der Waals surface area contributed by atoms with E-state index in [0.717, 1.165) is 13.0 Å². The van der Waals surface area contributed by atoms with Crippen LogP contribution in [0.1, 0.15) is 43.4 Å². The maximum absolute atomic E-state index is 4.90. The number of hydrogen-bond donors (Lipinski definition) is 1. The number of hydroxylamine groups is 1. The average Bonchev–Trinajstić information content (AvgIpc) is 2.25. The summed E-state index contributed by atoms with van der Waals surface area (Å²) in [4.78, 5) is 4.90. The van der Waals surface area contributed by atoms with Crippen LogP contribution >= 0.6 is 0 Å². The second-order valence-electron chi connectivity index (χ2n) is 4.07. The highest BCUT2D eigenvalue weighted by Crippen LogP contribution is 2.21. The quantitative estimate of drug-likeness (QED) is 0.749. The summed E-state index contributed by atoms with van der Waals surface area (Å²) in [7, 11) is 1.65. The number of rotatable bonds is 5. The Hall–Kier alpha value is -0.860. The second kappa shape index (κ2) is 5.89. The minimum absolute atomic E-state index is 0.560. The van der Waals surface area contributed by atoms with Gasteiger partial charge in [-0.3, -0.25) is 0 Å². The van der Waals surface area contributed by atoms with E-state index >= 15 is 0 Å². The third-order valence-corrected chi connectivity index (χ3v) is 2.64. The largest absolute Gasteiger partial charge is 0.305 e. The van der Waals surface area contributed by atoms with Gasteiger partial charge in [0.2, 0.25) is 0 Å². The Morgan fingerprint density at radius 1 is 1.33 bits per heavy atom. The van der Waals surface area contributed by atoms with Gasteiger partial charge in [0, 0.05) is 6.54 Å². The van der Waals surface area contributed by atoms with E-state index in [2.05, 4.69) is 44.5 Å². The third kappa shape index (κ3) is 3.33. The van der Waals surface area contributed by atoms with E-state index in [1.54, 1.807) is 7.11 Å². The van der Waals surface area contributed by atoms with Crippen molar-refractivity contribution in [2.24, 2.45) is 0 Å². The summed E-state index contributed by atoms with van der Waals surface area (Å²) >= 11 is 0. The SMILES string of the molecule is CCc1ccc(C(C)C)c(CNOC)c1. The molecule has 0 spiro atoms. The third-order valence-electron chi connectivity index (χ3n) is 2.64. The minimum atomic E-state index is 0.560. The number of nitrogens with one attached hydrogen (secondary N) is 1. The first-order chi connectivity index (χ1) is 7.19. The fourth-order valence-corrected chi connectivity index (χ4v) is 1.75. The first kappa shape index (κ1) is 12.2. The van der Waals surface area contributed by atoms with Crippen LogP contribution in [0, 0.1) is 0 Å². The maximum atomic E-state index is 4.90. The molecule has 1 N–H and O–H groups in total. The topological polar surface area (TPSA) is 21.3 Å². The van der Waals surface area contributed by atoms with Gasteiger partial charge < -0.3 is 4.84 Å². The molecule has 0 unspecified atom stereocenters. The molecule has 0 bridgehead atoms. The van der Waals surface area contributed by atoms with Crippen molar-refractivity contribution in [2.45, 2.75) is 39.7 Å². The predicted molar refractivity (Wildman–Crippen MR) is 63.8 cm³/mol. The van der Waals surface area contributed by atoms with Crippen molar-refractivity contribution < 1.29 is 4.84 Å². The highest BCUT2D eigenvalue weighted by molar-refractivity contribution is 5.34. The van der Waals surface area contributed by atoms with Crippen LogP contribution in [-0.4, -0.2) is 7.11 Å². The molecule has 0 fully saturated rings. The molecule has 0 aliphatic rings. The molecule has 0 aliphatic carbocycles. The van der Waals surface area contributed by atoms with Crippen LogP contribution in [0.4, 0.5) is 0 Å². The molecule has 0 aliphatic heterocycles. The molecule has 0 radical (unpaired) electrons. The van der Waals surface area contributed by atoms with Gasteiger partial charge in [-0.25, -0.2) is 0 Å². The fraction of sp³-hybridized carbons (Fsp3) is 0.538. The van der Waals surface area contributed by atoms with E-state index in [-0.39, 0.29) is 0 Å². The zero-order valence-corrected chi connectivity index (χ0v) is 10.1. The number of benzene rings is 1. The van der Waals surface area contributed by atoms with E-state index in [1.807, 2.05) is 0 Å². The highest BCUT2D eigenvalue weighted by Gasteiger charge is 2.06. The Balaban J connectivity index is 2.94. The Kier molecular flexibility index (Phi) is 4.79. The van der Waals surface area contributed by atoms with Crippen molar-refractivity contribution in [2.75, 3.05) is 7.11 Å². The molecule has 1 aromatic carbocycles. The van der Waals surface area contributed by atoms with Gasteiger partial charge in [0.25, 0.3) is 0 Å². The first-order valence-electron chi connectivity index (χ1n) is 5.56. The van der Waals surface area contributed by atoms with E-state index in [4.69, 9.17) is 4.84 Å². The Morgan fingerprint density at radius 3 is 2.60 bits per heavy atom. The fourth-order valence-electron chi connectivity index (χ4n) is 1.75. The van der Waals surface area contributed by atoms with E-state index in [9.17, 15) is 0 Å². The first-order valence-corrected chi connectivity index (χ1v) is 5.56. The predicted octanol–water partition coefficient (Wildman–Crippen LogP) is 3.02. The molecule has 0 saturated heterocycles. The molecule has 0 amide bonds. The molecule has 0 heterocycles. The van der Waals surface area contributed by atoms with Gasteiger partial charge in [0.05, 0.1) is 7.11 Å². The van der Waals surface area contributed by atoms with Gasteiger partial charge in [-0.15, -0.1) is 0 Å². The summed E-state index contributed by atoms with van der Waals surface area (Å²) < 4.78 is 0. The van der Waals surface area contributed by atoms with Crippen molar-refractivity contribution in [3.63, 3.8) is 0 Å². The molecule has 0 atom stereocenters. The van der Waals surface area contributed by atoms with Crippen molar-refractivity contribution >= 4 is 0 Å². The summed E-state index contributed by atoms with van der Waals surface area (Å²) in [5.41, 5.74) is 7.03. The van der Waals surface area contributed by atoms with Crippen LogP contribution in [0.25, 0.3) is 0 Å². The van der Waals surface area contributed by atoms with Crippen molar-refractivity contribution in [3.05, 3.63) is 34.9 Å². The highest BCUT2D eigenvalue weighted by atomic mass is 16.6. The smallest absolute Gasteiger partial charge is 0.0572 e. The number of aryl methyl sites for hydroxylation is 1. The van der Waals surface area contributed by atoms with Crippen LogP contribution in [0.5, 0.6) is 0 Å². The molecule has 15 heavy (non-hydrogen) atoms. The Bertz CT molecular complexity index is 307. The summed E-state index contributed by atoms with van der Waals surface area (Å²) in [6.07, 6.45) is 1.08. The second-order valence-corrected chi connectivity index (χ2v) is 4.07. The van der Waals surface area contributed by atoms with E-state index in [1.165, 1.54) is 16.7 Å². The van der Waals surface area contributed by atoms with Crippen molar-refractivity contribution in [1.82, 2.24) is 5.48 Å². The van der Waals surface area contributed by atoms with Gasteiger partial charge in [-0.1, -0.05) is 39.0 Å². The van der Waals surface area contributed by atoms with Gasteiger partial charge in [0.15, 0.2) is 0 Å². The molecular weight excluding hydrogens is 186 g/mol. The van der Waals surface area contributed by atoms with Crippen LogP contribution < -0.4 is 5.48 Å². The minimum Gasteiger partial charge on any atom is -0.305 e. The molecule has 2 heteroatoms. The van der Waals surface area contributed by atoms with Crippen LogP contribution in [-0.2, 0) is 17.8 Å². The van der Waals surface area contributed by atoms with E-state index in [0.29, 0.717) is 5.92 Å². The van der Waals surface area contributed by atoms with Crippen molar-refractivity contribution in [1.29, 1.82) is 0 Å². The lowest BCUT2D eigenvalue weighted by molar-refractivity contribution is 0.0865. The number of hydrogen-bond acceptors (Lipinski definition) is 2. The lowest BCUT2D eigenvalue weighted by Crippen LogP contribution is -2.13. The van der Waals surface area contributed by atoms with Gasteiger partial charge in [-0.05, 0) is 29.0 Å². The lowest BCUT2D eigenvalue weighted by atomic mass is 9.95. The molecule has 1 aromatic rings. The molecule has 2 nitrogen and oxygen atoms in total. The Morgan fingerprint density at radius 2 is 2.07 bits per heavy atom. The van der Waals surface area contributed by atoms with Crippen LogP contribution in [0.3, 0.4) is 0 Å². The molecule has 0 aromatic heterocycles. The normalized spacial score (nSPS) is 11.0. The van der Waals surface area contributed by atoms with Gasteiger partial charge in [0.1, 0.15) is 0 Å². The average molecular weight is 207 g/mol. The standard InChI is InChI=1S/C13H21NO/c1-5-11-6-7-13(10(2)3)12(8-11)9-14-15-4/h6-8,10,14H,5,9H2,1-4H3. The molecule has 1 rings (SSSR count). The lowest BCUT2D eigenvalue weighted by Gasteiger charge is -2.14. The van der Waals surface area contributed by atoms with Crippen LogP contribution in [0.15, 0.2) is 18.2 Å². The van der Waals surface area contributed by atoms with Crippen LogP contribution in [0.2, 0.25) is 0 Å². The summed E-state index contributed by atoms with van der Waals surface area (Å²) in [5.74, 6) is 0.560. The summed E-state index contributed by atoms with van der Waals surface area (Å²) in [6.45, 7) is 7.39. The van der Waals surface area contributed by atoms with Crippen molar-refractivity contribution in [3.8, 4) is 0 Å². The van der Waals surface area contributed by atoms with E-state index < -0.39 is 0 Å². The monoisotopic (exact) mass is 207 g/mol. The molecular formula is C13H21NO. The zero-order chi connectivity index (χ0) is 11.3. The maximum Gasteiger partial charge on any atom is 0.0572 e.